The Kier molecular flexibility index (Phi) is 24.3. The minimum absolute atomic E-state index is 0.0958. The average molecular weight is 732 g/mol. The van der Waals surface area contributed by atoms with Gasteiger partial charge in [0.1, 0.15) is 0 Å². The molecule has 15 nitrogen and oxygen atoms in total. The minimum Gasteiger partial charge on any atom is -0.465 e. The molecule has 2 fully saturated rings. The molecule has 1 heterocycles. The lowest BCUT2D eigenvalue weighted by Gasteiger charge is -2.27. The number of rotatable bonds is 22. The van der Waals surface area contributed by atoms with Crippen LogP contribution < -0.4 is 5.73 Å². The van der Waals surface area contributed by atoms with Crippen molar-refractivity contribution in [2.75, 3.05) is 83.7 Å². The summed E-state index contributed by atoms with van der Waals surface area (Å²) >= 11 is 0. The van der Waals surface area contributed by atoms with Crippen molar-refractivity contribution in [3.63, 3.8) is 0 Å². The molecule has 1 saturated carbocycles. The summed E-state index contributed by atoms with van der Waals surface area (Å²) in [4.78, 5) is 21.8. The molecule has 3 atom stereocenters. The van der Waals surface area contributed by atoms with Crippen molar-refractivity contribution >= 4 is 38.4 Å². The lowest BCUT2D eigenvalue weighted by Crippen LogP contribution is -2.43. The molecule has 2 rings (SSSR count). The molecule has 2 aliphatic rings. The van der Waals surface area contributed by atoms with Gasteiger partial charge < -0.3 is 59.8 Å². The first-order valence-corrected chi connectivity index (χ1v) is 21.5. The second-order valence-corrected chi connectivity index (χ2v) is 20.1. The fourth-order valence-corrected chi connectivity index (χ4v) is 10.2. The summed E-state index contributed by atoms with van der Waals surface area (Å²) in [5, 5.41) is 0. The van der Waals surface area contributed by atoms with Crippen molar-refractivity contribution in [1.82, 2.24) is 0 Å². The molecule has 1 aliphatic carbocycles. The molecule has 0 amide bonds. The van der Waals surface area contributed by atoms with E-state index >= 15 is 0 Å². The van der Waals surface area contributed by atoms with E-state index in [1.165, 1.54) is 19.3 Å². The second kappa shape index (κ2) is 24.9. The molecule has 47 heavy (non-hydrogen) atoms. The number of nitrogens with two attached hydrogens (primary N) is 1. The van der Waals surface area contributed by atoms with Gasteiger partial charge in [-0.2, -0.15) is 0 Å². The number of hydrogen-bond donors (Lipinski definition) is 1. The van der Waals surface area contributed by atoms with Gasteiger partial charge in [0.15, 0.2) is 0 Å². The number of esters is 2. The van der Waals surface area contributed by atoms with E-state index < -0.39 is 32.4 Å². The number of hydrogen-bond acceptors (Lipinski definition) is 15. The second-order valence-electron chi connectivity index (χ2n) is 10.9. The van der Waals surface area contributed by atoms with Crippen LogP contribution in [0.25, 0.3) is 0 Å². The molecule has 1 saturated heterocycles. The lowest BCUT2D eigenvalue weighted by atomic mass is 9.88. The van der Waals surface area contributed by atoms with E-state index in [4.69, 9.17) is 59.8 Å². The molecule has 1 aliphatic heterocycles. The molecule has 0 radical (unpaired) electrons. The predicted octanol–water partition coefficient (Wildman–Crippen LogP) is 2.95. The average Bonchev–Trinajstić information content (AvgIpc) is 3.89. The van der Waals surface area contributed by atoms with Crippen molar-refractivity contribution in [2.45, 2.75) is 75.8 Å². The fraction of sp³-hybridized carbons (Fsp3) is 0.862. The third-order valence-electron chi connectivity index (χ3n) is 8.04. The number of fused-ring (bicyclic) bond motifs is 1. The standard InChI is InChI=1S/C11H22O4Si.C10H20O5Si.C8H19NO5Si/c1-12-16(13-2,14-3)7-6-9-4-5-10-11(8-9)15-10;1-9(2)10(11)15-7-6-8-16(12-3,13-4)14-5;1-11-15(12-2,13-3)6-4-5-14-8(10)7-9/h9-11H,4-8H2,1-3H3;1,6-8H2,2-5H3;4-7,9H2,1-3H3. The van der Waals surface area contributed by atoms with Gasteiger partial charge in [0.25, 0.3) is 0 Å². The van der Waals surface area contributed by atoms with Crippen LogP contribution in [0, 0.1) is 5.92 Å². The quantitative estimate of drug-likeness (QED) is 0.0566. The summed E-state index contributed by atoms with van der Waals surface area (Å²) in [6, 6.07) is 2.13. The Bertz CT molecular complexity index is 850. The van der Waals surface area contributed by atoms with Crippen LogP contribution in [0.15, 0.2) is 12.2 Å². The number of carbonyl (C=O) groups is 2. The first kappa shape index (κ1) is 45.9. The summed E-state index contributed by atoms with van der Waals surface area (Å²) in [5.74, 6) is -0.0230. The predicted molar refractivity (Wildman–Crippen MR) is 180 cm³/mol. The lowest BCUT2D eigenvalue weighted by molar-refractivity contribution is -0.142. The Balaban J connectivity index is 0.000000676. The Morgan fingerprint density at radius 3 is 1.49 bits per heavy atom. The summed E-state index contributed by atoms with van der Waals surface area (Å²) < 4.78 is 62.9. The summed E-state index contributed by atoms with van der Waals surface area (Å²) in [6.07, 6.45) is 7.28. The van der Waals surface area contributed by atoms with Crippen LogP contribution in [0.5, 0.6) is 0 Å². The van der Waals surface area contributed by atoms with Crippen LogP contribution >= 0.6 is 0 Å². The van der Waals surface area contributed by atoms with Crippen molar-refractivity contribution in [3.05, 3.63) is 12.2 Å². The third-order valence-corrected chi connectivity index (χ3v) is 16.5. The Morgan fingerprint density at radius 2 is 1.11 bits per heavy atom. The van der Waals surface area contributed by atoms with E-state index in [0.717, 1.165) is 18.4 Å². The van der Waals surface area contributed by atoms with Gasteiger partial charge in [0, 0.05) is 87.7 Å². The third kappa shape index (κ3) is 17.4. The molecule has 0 spiro atoms. The van der Waals surface area contributed by atoms with Gasteiger partial charge in [-0.3, -0.25) is 4.79 Å². The van der Waals surface area contributed by atoms with Gasteiger partial charge in [-0.1, -0.05) is 6.58 Å². The summed E-state index contributed by atoms with van der Waals surface area (Å²) in [7, 11) is 6.94. The first-order valence-electron chi connectivity index (χ1n) is 15.7. The molecule has 0 aromatic carbocycles. The van der Waals surface area contributed by atoms with Crippen molar-refractivity contribution < 1.29 is 63.6 Å². The normalized spacial score (nSPS) is 18.9. The Morgan fingerprint density at radius 1 is 0.681 bits per heavy atom. The smallest absolute Gasteiger partial charge is 0.465 e. The molecule has 0 bridgehead atoms. The van der Waals surface area contributed by atoms with E-state index in [-0.39, 0.29) is 12.5 Å². The molecule has 3 unspecified atom stereocenters. The molecule has 18 heteroatoms. The molecular formula is C29H61NO14Si3. The zero-order valence-corrected chi connectivity index (χ0v) is 33.2. The zero-order chi connectivity index (χ0) is 35.9. The number of carbonyl (C=O) groups excluding carboxylic acids is 2. The van der Waals surface area contributed by atoms with Gasteiger partial charge in [-0.05, 0) is 51.4 Å². The van der Waals surface area contributed by atoms with Gasteiger partial charge in [0.05, 0.1) is 32.0 Å². The SMILES string of the molecule is C=C(C)C(=O)OCCC[Si](OC)(OC)OC.CO[Si](CCC1CCC2OC2C1)(OC)OC.CO[Si](CCCOC(=O)CN)(OC)OC. The number of epoxide rings is 1. The highest BCUT2D eigenvalue weighted by atomic mass is 28.4. The largest absolute Gasteiger partial charge is 0.500 e. The maximum absolute atomic E-state index is 11.1. The highest BCUT2D eigenvalue weighted by Gasteiger charge is 2.45. The van der Waals surface area contributed by atoms with Crippen molar-refractivity contribution in [3.8, 4) is 0 Å². The topological polar surface area (TPSA) is 174 Å². The first-order chi connectivity index (χ1) is 22.4. The Labute approximate surface area is 285 Å². The van der Waals surface area contributed by atoms with Crippen LogP contribution in [0.1, 0.15) is 45.4 Å². The van der Waals surface area contributed by atoms with Crippen LogP contribution in [0.3, 0.4) is 0 Å². The van der Waals surface area contributed by atoms with Gasteiger partial charge in [-0.15, -0.1) is 0 Å². The van der Waals surface area contributed by atoms with E-state index in [0.29, 0.717) is 55.9 Å². The summed E-state index contributed by atoms with van der Waals surface area (Å²) in [6.45, 7) is 5.63. The van der Waals surface area contributed by atoms with E-state index in [2.05, 4.69) is 6.58 Å². The maximum atomic E-state index is 11.1. The van der Waals surface area contributed by atoms with Crippen LogP contribution in [-0.4, -0.2) is 134 Å². The monoisotopic (exact) mass is 731 g/mol. The molecule has 2 N–H and O–H groups in total. The van der Waals surface area contributed by atoms with Gasteiger partial charge in [-0.25, -0.2) is 4.79 Å². The highest BCUT2D eigenvalue weighted by Crippen LogP contribution is 2.41. The van der Waals surface area contributed by atoms with Crippen molar-refractivity contribution in [1.29, 1.82) is 0 Å². The highest BCUT2D eigenvalue weighted by molar-refractivity contribution is 6.61. The molecule has 0 aromatic heterocycles. The van der Waals surface area contributed by atoms with Crippen molar-refractivity contribution in [2.24, 2.45) is 11.7 Å². The van der Waals surface area contributed by atoms with Crippen LogP contribution in [0.2, 0.25) is 18.1 Å². The van der Waals surface area contributed by atoms with Crippen LogP contribution in [-0.2, 0) is 63.6 Å². The van der Waals surface area contributed by atoms with Crippen LogP contribution in [0.4, 0.5) is 0 Å². The maximum Gasteiger partial charge on any atom is 0.500 e. The van der Waals surface area contributed by atoms with E-state index in [1.807, 2.05) is 0 Å². The minimum atomic E-state index is -2.53. The molecule has 278 valence electrons. The van der Waals surface area contributed by atoms with Gasteiger partial charge in [0.2, 0.25) is 0 Å². The fourth-order valence-electron chi connectivity index (χ4n) is 4.91. The molecule has 0 aromatic rings. The summed E-state index contributed by atoms with van der Waals surface area (Å²) in [5.41, 5.74) is 5.48. The zero-order valence-electron chi connectivity index (χ0n) is 30.2. The number of ether oxygens (including phenoxy) is 3. The van der Waals surface area contributed by atoms with E-state index in [1.54, 1.807) is 70.9 Å². The molecular weight excluding hydrogens is 671 g/mol. The van der Waals surface area contributed by atoms with Gasteiger partial charge >= 0.3 is 38.4 Å². The van der Waals surface area contributed by atoms with E-state index in [9.17, 15) is 9.59 Å². The Hall–Kier alpha value is -1.11.